The highest BCUT2D eigenvalue weighted by Gasteiger charge is 2.14. The lowest BCUT2D eigenvalue weighted by atomic mass is 9.86. The van der Waals surface area contributed by atoms with Gasteiger partial charge in [-0.05, 0) is 23.5 Å². The monoisotopic (exact) mass is 261 g/mol. The van der Waals surface area contributed by atoms with E-state index in [2.05, 4.69) is 55.4 Å². The quantitative estimate of drug-likeness (QED) is 0.640. The maximum absolute atomic E-state index is 5.39. The smallest absolute Gasteiger partial charge is 0.197 e. The molecule has 0 amide bonds. The van der Waals surface area contributed by atoms with E-state index in [0.717, 1.165) is 10.8 Å². The average molecular weight is 261 g/mol. The third-order valence-electron chi connectivity index (χ3n) is 2.93. The SMILES string of the molecule is Cc1nc(NN)sc1-c1ccc(C(C)(C)C)cc1. The highest BCUT2D eigenvalue weighted by atomic mass is 32.1. The molecule has 0 saturated heterocycles. The third kappa shape index (κ3) is 2.54. The number of nitrogen functional groups attached to an aromatic ring is 1. The van der Waals surface area contributed by atoms with Crippen LogP contribution in [0.1, 0.15) is 32.0 Å². The highest BCUT2D eigenvalue weighted by Crippen LogP contribution is 2.33. The molecule has 0 radical (unpaired) electrons. The van der Waals surface area contributed by atoms with E-state index in [1.165, 1.54) is 16.0 Å². The fraction of sp³-hybridized carbons (Fsp3) is 0.357. The summed E-state index contributed by atoms with van der Waals surface area (Å²) in [6, 6.07) is 8.68. The third-order valence-corrected chi connectivity index (χ3v) is 4.07. The molecule has 0 fully saturated rings. The number of hydrazine groups is 1. The zero-order valence-corrected chi connectivity index (χ0v) is 12.1. The van der Waals surface area contributed by atoms with Crippen molar-refractivity contribution in [3.63, 3.8) is 0 Å². The Bertz CT molecular complexity index is 535. The number of benzene rings is 1. The highest BCUT2D eigenvalue weighted by molar-refractivity contribution is 7.19. The lowest BCUT2D eigenvalue weighted by Crippen LogP contribution is -2.10. The zero-order chi connectivity index (χ0) is 13.3. The molecule has 0 saturated carbocycles. The van der Waals surface area contributed by atoms with Crippen molar-refractivity contribution in [3.8, 4) is 10.4 Å². The van der Waals surface area contributed by atoms with Gasteiger partial charge in [-0.15, -0.1) is 0 Å². The first kappa shape index (κ1) is 13.1. The van der Waals surface area contributed by atoms with Gasteiger partial charge in [0.05, 0.1) is 10.6 Å². The molecule has 3 N–H and O–H groups in total. The maximum Gasteiger partial charge on any atom is 0.197 e. The summed E-state index contributed by atoms with van der Waals surface area (Å²) in [6.07, 6.45) is 0. The van der Waals surface area contributed by atoms with Gasteiger partial charge >= 0.3 is 0 Å². The van der Waals surface area contributed by atoms with Gasteiger partial charge in [-0.3, -0.25) is 5.43 Å². The number of aryl methyl sites for hydroxylation is 1. The minimum Gasteiger partial charge on any atom is -0.300 e. The van der Waals surface area contributed by atoms with Crippen LogP contribution in [0.5, 0.6) is 0 Å². The van der Waals surface area contributed by atoms with Crippen LogP contribution in [0.15, 0.2) is 24.3 Å². The predicted octanol–water partition coefficient (Wildman–Crippen LogP) is 3.70. The van der Waals surface area contributed by atoms with Gasteiger partial charge in [0, 0.05) is 0 Å². The van der Waals surface area contributed by atoms with Crippen molar-refractivity contribution in [2.24, 2.45) is 5.84 Å². The largest absolute Gasteiger partial charge is 0.300 e. The van der Waals surface area contributed by atoms with Crippen molar-refractivity contribution in [3.05, 3.63) is 35.5 Å². The molecule has 18 heavy (non-hydrogen) atoms. The van der Waals surface area contributed by atoms with Crippen molar-refractivity contribution in [2.45, 2.75) is 33.1 Å². The second kappa shape index (κ2) is 4.71. The number of aromatic nitrogens is 1. The molecule has 0 unspecified atom stereocenters. The summed E-state index contributed by atoms with van der Waals surface area (Å²) in [5.74, 6) is 5.39. The second-order valence-electron chi connectivity index (χ2n) is 5.41. The second-order valence-corrected chi connectivity index (χ2v) is 6.40. The van der Waals surface area contributed by atoms with Crippen LogP contribution < -0.4 is 11.3 Å². The molecule has 4 heteroatoms. The molecule has 0 aliphatic heterocycles. The van der Waals surface area contributed by atoms with E-state index in [-0.39, 0.29) is 5.41 Å². The van der Waals surface area contributed by atoms with Gasteiger partial charge in [-0.2, -0.15) is 0 Å². The Labute approximate surface area is 112 Å². The number of hydrogen-bond acceptors (Lipinski definition) is 4. The number of anilines is 1. The van der Waals surface area contributed by atoms with Crippen LogP contribution in [0, 0.1) is 6.92 Å². The summed E-state index contributed by atoms with van der Waals surface area (Å²) in [5, 5.41) is 0.752. The number of rotatable bonds is 2. The fourth-order valence-corrected chi connectivity index (χ4v) is 2.73. The van der Waals surface area contributed by atoms with Gasteiger partial charge < -0.3 is 0 Å². The van der Waals surface area contributed by atoms with Gasteiger partial charge in [0.2, 0.25) is 0 Å². The van der Waals surface area contributed by atoms with Gasteiger partial charge in [0.15, 0.2) is 5.13 Å². The van der Waals surface area contributed by atoms with Crippen molar-refractivity contribution in [2.75, 3.05) is 5.43 Å². The summed E-state index contributed by atoms with van der Waals surface area (Å²) < 4.78 is 0. The van der Waals surface area contributed by atoms with Crippen molar-refractivity contribution >= 4 is 16.5 Å². The van der Waals surface area contributed by atoms with E-state index in [4.69, 9.17) is 5.84 Å². The number of nitrogens with one attached hydrogen (secondary N) is 1. The summed E-state index contributed by atoms with van der Waals surface area (Å²) in [6.45, 7) is 8.66. The van der Waals surface area contributed by atoms with Crippen LogP contribution in [-0.2, 0) is 5.41 Å². The van der Waals surface area contributed by atoms with Gasteiger partial charge in [0.25, 0.3) is 0 Å². The molecule has 0 spiro atoms. The van der Waals surface area contributed by atoms with Crippen LogP contribution in [0.2, 0.25) is 0 Å². The molecule has 1 aromatic heterocycles. The van der Waals surface area contributed by atoms with Gasteiger partial charge in [-0.25, -0.2) is 10.8 Å². The Morgan fingerprint density at radius 1 is 1.17 bits per heavy atom. The Morgan fingerprint density at radius 2 is 1.78 bits per heavy atom. The van der Waals surface area contributed by atoms with Crippen LogP contribution >= 0.6 is 11.3 Å². The number of nitrogens with zero attached hydrogens (tertiary/aromatic N) is 1. The predicted molar refractivity (Wildman–Crippen MR) is 78.8 cm³/mol. The van der Waals surface area contributed by atoms with Crippen LogP contribution in [0.25, 0.3) is 10.4 Å². The Balaban J connectivity index is 2.37. The van der Waals surface area contributed by atoms with Gasteiger partial charge in [-0.1, -0.05) is 56.4 Å². The number of thiazole rings is 1. The van der Waals surface area contributed by atoms with E-state index >= 15 is 0 Å². The van der Waals surface area contributed by atoms with E-state index in [1.807, 2.05) is 6.92 Å². The molecule has 0 aliphatic carbocycles. The maximum atomic E-state index is 5.39. The molecule has 1 aromatic carbocycles. The van der Waals surface area contributed by atoms with Crippen LogP contribution in [0.3, 0.4) is 0 Å². The van der Waals surface area contributed by atoms with E-state index in [9.17, 15) is 0 Å². The van der Waals surface area contributed by atoms with Crippen molar-refractivity contribution in [1.82, 2.24) is 4.98 Å². The van der Waals surface area contributed by atoms with Crippen LogP contribution in [0.4, 0.5) is 5.13 Å². The minimum atomic E-state index is 0.186. The number of nitrogens with two attached hydrogens (primary N) is 1. The first-order chi connectivity index (χ1) is 8.41. The normalized spacial score (nSPS) is 11.6. The van der Waals surface area contributed by atoms with E-state index < -0.39 is 0 Å². The lowest BCUT2D eigenvalue weighted by Gasteiger charge is -2.19. The summed E-state index contributed by atoms with van der Waals surface area (Å²) in [7, 11) is 0. The topological polar surface area (TPSA) is 50.9 Å². The molecule has 2 rings (SSSR count). The molecular formula is C14H19N3S. The molecule has 0 atom stereocenters. The van der Waals surface area contributed by atoms with E-state index in [1.54, 1.807) is 11.3 Å². The standard InChI is InChI=1S/C14H19N3S/c1-9-12(18-13(16-9)17-15)10-5-7-11(8-6-10)14(2,3)4/h5-8H,15H2,1-4H3,(H,16,17). The Kier molecular flexibility index (Phi) is 3.41. The van der Waals surface area contributed by atoms with E-state index in [0.29, 0.717) is 0 Å². The molecule has 0 aliphatic rings. The molecular weight excluding hydrogens is 242 g/mol. The fourth-order valence-electron chi connectivity index (χ4n) is 1.85. The molecule has 1 heterocycles. The molecule has 96 valence electrons. The molecule has 2 aromatic rings. The summed E-state index contributed by atoms with van der Waals surface area (Å²) >= 11 is 1.58. The molecule has 0 bridgehead atoms. The lowest BCUT2D eigenvalue weighted by molar-refractivity contribution is 0.590. The number of hydrogen-bond donors (Lipinski definition) is 2. The summed E-state index contributed by atoms with van der Waals surface area (Å²) in [4.78, 5) is 5.53. The van der Waals surface area contributed by atoms with Crippen LogP contribution in [-0.4, -0.2) is 4.98 Å². The minimum absolute atomic E-state index is 0.186. The van der Waals surface area contributed by atoms with Gasteiger partial charge in [0.1, 0.15) is 0 Å². The van der Waals surface area contributed by atoms with Crippen molar-refractivity contribution < 1.29 is 0 Å². The summed E-state index contributed by atoms with van der Waals surface area (Å²) in [5.41, 5.74) is 6.33. The first-order valence-corrected chi connectivity index (χ1v) is 6.78. The first-order valence-electron chi connectivity index (χ1n) is 5.97. The Hall–Kier alpha value is -1.39. The zero-order valence-electron chi connectivity index (χ0n) is 11.2. The average Bonchev–Trinajstić information content (AvgIpc) is 2.70. The molecule has 3 nitrogen and oxygen atoms in total. The Morgan fingerprint density at radius 3 is 2.22 bits per heavy atom. The van der Waals surface area contributed by atoms with Crippen molar-refractivity contribution in [1.29, 1.82) is 0 Å².